The van der Waals surface area contributed by atoms with Gasteiger partial charge in [-0.15, -0.1) is 0 Å². The third-order valence-electron chi connectivity index (χ3n) is 4.20. The highest BCUT2D eigenvalue weighted by atomic mass is 32.2. The van der Waals surface area contributed by atoms with Crippen molar-refractivity contribution in [3.8, 4) is 0 Å². The van der Waals surface area contributed by atoms with Gasteiger partial charge in [-0.1, -0.05) is 5.16 Å². The summed E-state index contributed by atoms with van der Waals surface area (Å²) in [5, 5.41) is 14.5. The fourth-order valence-electron chi connectivity index (χ4n) is 2.86. The standard InChI is InChI=1S/C15H18N4O5S/c1-12-10-14(2-3-15(12)19(20)21)17-5-7-18(8-6-17)25(22,23)11-13-4-9-24-16-13/h2-4,9-10H,5-8,11H2,1H3. The Balaban J connectivity index is 1.65. The van der Waals surface area contributed by atoms with Crippen LogP contribution in [0, 0.1) is 17.0 Å². The number of nitrogens with zero attached hydrogens (tertiary/aromatic N) is 4. The van der Waals surface area contributed by atoms with Gasteiger partial charge in [0.05, 0.1) is 10.6 Å². The Morgan fingerprint density at radius 3 is 2.52 bits per heavy atom. The lowest BCUT2D eigenvalue weighted by atomic mass is 10.1. The van der Waals surface area contributed by atoms with Crippen LogP contribution in [0.2, 0.25) is 0 Å². The van der Waals surface area contributed by atoms with Crippen LogP contribution in [0.25, 0.3) is 0 Å². The van der Waals surface area contributed by atoms with Crippen molar-refractivity contribution in [3.63, 3.8) is 0 Å². The van der Waals surface area contributed by atoms with Crippen molar-refractivity contribution in [2.24, 2.45) is 0 Å². The second-order valence-corrected chi connectivity index (χ2v) is 7.83. The van der Waals surface area contributed by atoms with Crippen molar-refractivity contribution < 1.29 is 17.9 Å². The van der Waals surface area contributed by atoms with Gasteiger partial charge in [0.1, 0.15) is 12.0 Å². The zero-order valence-corrected chi connectivity index (χ0v) is 14.5. The summed E-state index contributed by atoms with van der Waals surface area (Å²) in [6.45, 7) is 3.46. The molecule has 2 heterocycles. The molecule has 3 rings (SSSR count). The van der Waals surface area contributed by atoms with Gasteiger partial charge in [0, 0.05) is 49.6 Å². The summed E-state index contributed by atoms with van der Waals surface area (Å²) in [5.74, 6) is -0.180. The molecule has 0 atom stereocenters. The lowest BCUT2D eigenvalue weighted by molar-refractivity contribution is -0.385. The van der Waals surface area contributed by atoms with Crippen LogP contribution >= 0.6 is 0 Å². The zero-order valence-electron chi connectivity index (χ0n) is 13.7. The van der Waals surface area contributed by atoms with Crippen molar-refractivity contribution in [1.29, 1.82) is 0 Å². The first kappa shape index (κ1) is 17.4. The number of nitro benzene ring substituents is 1. The lowest BCUT2D eigenvalue weighted by Crippen LogP contribution is -2.49. The minimum atomic E-state index is -3.44. The largest absolute Gasteiger partial charge is 0.369 e. The van der Waals surface area contributed by atoms with Crippen molar-refractivity contribution in [1.82, 2.24) is 9.46 Å². The Morgan fingerprint density at radius 1 is 1.24 bits per heavy atom. The van der Waals surface area contributed by atoms with Gasteiger partial charge in [0.2, 0.25) is 10.0 Å². The molecule has 1 aromatic heterocycles. The van der Waals surface area contributed by atoms with Crippen LogP contribution in [0.1, 0.15) is 11.3 Å². The fourth-order valence-corrected chi connectivity index (χ4v) is 4.28. The molecule has 1 fully saturated rings. The molecular formula is C15H18N4O5S. The first-order valence-electron chi connectivity index (χ1n) is 7.74. The number of sulfonamides is 1. The normalized spacial score (nSPS) is 16.1. The maximum atomic E-state index is 12.4. The van der Waals surface area contributed by atoms with Crippen LogP contribution in [0.15, 0.2) is 35.1 Å². The first-order chi connectivity index (χ1) is 11.9. The van der Waals surface area contributed by atoms with Crippen LogP contribution in [0.5, 0.6) is 0 Å². The van der Waals surface area contributed by atoms with Gasteiger partial charge in [0.15, 0.2) is 0 Å². The van der Waals surface area contributed by atoms with Gasteiger partial charge in [-0.2, -0.15) is 4.31 Å². The van der Waals surface area contributed by atoms with Gasteiger partial charge in [-0.25, -0.2) is 8.42 Å². The Morgan fingerprint density at radius 2 is 1.96 bits per heavy atom. The van der Waals surface area contributed by atoms with E-state index in [0.717, 1.165) is 5.69 Å². The molecule has 10 heteroatoms. The quantitative estimate of drug-likeness (QED) is 0.583. The summed E-state index contributed by atoms with van der Waals surface area (Å²) in [7, 11) is -3.44. The molecule has 0 saturated carbocycles. The van der Waals surface area contributed by atoms with Crippen molar-refractivity contribution >= 4 is 21.4 Å². The van der Waals surface area contributed by atoms with E-state index in [1.165, 1.54) is 22.7 Å². The zero-order chi connectivity index (χ0) is 18.0. The van der Waals surface area contributed by atoms with E-state index in [0.29, 0.717) is 37.4 Å². The Bertz CT molecular complexity index is 858. The summed E-state index contributed by atoms with van der Waals surface area (Å²) < 4.78 is 31.0. The molecule has 1 saturated heterocycles. The van der Waals surface area contributed by atoms with Crippen LogP contribution in [0.4, 0.5) is 11.4 Å². The number of rotatable bonds is 5. The monoisotopic (exact) mass is 366 g/mol. The summed E-state index contributed by atoms with van der Waals surface area (Å²) in [6, 6.07) is 6.48. The number of nitro groups is 1. The van der Waals surface area contributed by atoms with E-state index in [2.05, 4.69) is 9.68 Å². The van der Waals surface area contributed by atoms with Crippen molar-refractivity contribution in [2.45, 2.75) is 12.7 Å². The molecule has 134 valence electrons. The van der Waals surface area contributed by atoms with E-state index < -0.39 is 14.9 Å². The van der Waals surface area contributed by atoms with E-state index >= 15 is 0 Å². The highest BCUT2D eigenvalue weighted by molar-refractivity contribution is 7.88. The summed E-state index contributed by atoms with van der Waals surface area (Å²) in [5.41, 5.74) is 1.91. The summed E-state index contributed by atoms with van der Waals surface area (Å²) in [6.07, 6.45) is 1.35. The average Bonchev–Trinajstić information content (AvgIpc) is 3.07. The molecule has 0 N–H and O–H groups in total. The first-order valence-corrected chi connectivity index (χ1v) is 9.35. The van der Waals surface area contributed by atoms with Gasteiger partial charge >= 0.3 is 0 Å². The molecule has 2 aromatic rings. The van der Waals surface area contributed by atoms with E-state index in [1.807, 2.05) is 4.90 Å². The smallest absolute Gasteiger partial charge is 0.272 e. The van der Waals surface area contributed by atoms with Gasteiger partial charge in [-0.05, 0) is 19.1 Å². The third-order valence-corrected chi connectivity index (χ3v) is 6.01. The van der Waals surface area contributed by atoms with Crippen LogP contribution in [-0.2, 0) is 15.8 Å². The SMILES string of the molecule is Cc1cc(N2CCN(S(=O)(=O)Cc3ccon3)CC2)ccc1[N+](=O)[O-]. The van der Waals surface area contributed by atoms with E-state index in [4.69, 9.17) is 0 Å². The molecular weight excluding hydrogens is 348 g/mol. The minimum Gasteiger partial charge on any atom is -0.369 e. The Hall–Kier alpha value is -2.46. The average molecular weight is 366 g/mol. The number of hydrogen-bond acceptors (Lipinski definition) is 7. The van der Waals surface area contributed by atoms with Gasteiger partial charge in [-0.3, -0.25) is 10.1 Å². The van der Waals surface area contributed by atoms with Crippen LogP contribution in [0.3, 0.4) is 0 Å². The molecule has 0 aliphatic carbocycles. The lowest BCUT2D eigenvalue weighted by Gasteiger charge is -2.35. The number of piperazine rings is 1. The minimum absolute atomic E-state index is 0.0811. The highest BCUT2D eigenvalue weighted by Gasteiger charge is 2.28. The molecule has 0 bridgehead atoms. The second kappa shape index (κ2) is 6.81. The molecule has 0 spiro atoms. The maximum absolute atomic E-state index is 12.4. The maximum Gasteiger partial charge on any atom is 0.272 e. The number of hydrogen-bond donors (Lipinski definition) is 0. The number of anilines is 1. The van der Waals surface area contributed by atoms with E-state index in [-0.39, 0.29) is 11.4 Å². The molecule has 1 aliphatic rings. The summed E-state index contributed by atoms with van der Waals surface area (Å²) >= 11 is 0. The molecule has 0 radical (unpaired) electrons. The molecule has 0 amide bonds. The predicted molar refractivity (Wildman–Crippen MR) is 90.7 cm³/mol. The molecule has 9 nitrogen and oxygen atoms in total. The van der Waals surface area contributed by atoms with Crippen molar-refractivity contribution in [2.75, 3.05) is 31.1 Å². The van der Waals surface area contributed by atoms with Crippen LogP contribution in [-0.4, -0.2) is 49.0 Å². The highest BCUT2D eigenvalue weighted by Crippen LogP contribution is 2.25. The fraction of sp³-hybridized carbons (Fsp3) is 0.400. The topological polar surface area (TPSA) is 110 Å². The third kappa shape index (κ3) is 3.80. The number of benzene rings is 1. The predicted octanol–water partition coefficient (Wildman–Crippen LogP) is 1.54. The Kier molecular flexibility index (Phi) is 4.73. The van der Waals surface area contributed by atoms with Gasteiger partial charge < -0.3 is 9.42 Å². The molecule has 1 aromatic carbocycles. The number of aromatic nitrogens is 1. The van der Waals surface area contributed by atoms with E-state index in [1.54, 1.807) is 19.1 Å². The van der Waals surface area contributed by atoms with Gasteiger partial charge in [0.25, 0.3) is 5.69 Å². The summed E-state index contributed by atoms with van der Waals surface area (Å²) in [4.78, 5) is 12.5. The molecule has 0 unspecified atom stereocenters. The van der Waals surface area contributed by atoms with E-state index in [9.17, 15) is 18.5 Å². The molecule has 1 aliphatic heterocycles. The second-order valence-electron chi connectivity index (χ2n) is 5.86. The molecule has 25 heavy (non-hydrogen) atoms. The van der Waals surface area contributed by atoms with Crippen molar-refractivity contribution in [3.05, 3.63) is 51.9 Å². The van der Waals surface area contributed by atoms with Crippen LogP contribution < -0.4 is 4.90 Å². The number of aryl methyl sites for hydroxylation is 1. The Labute approximate surface area is 145 Å².